The average Bonchev–Trinajstić information content (AvgIpc) is 2.53. The molecule has 8 heteroatoms. The Kier molecular flexibility index (Phi) is 4.00. The van der Waals surface area contributed by atoms with Crippen LogP contribution in [0.1, 0.15) is 18.3 Å². The van der Waals surface area contributed by atoms with Gasteiger partial charge in [-0.2, -0.15) is 0 Å². The first kappa shape index (κ1) is 17.0. The molecule has 0 fully saturated rings. The fourth-order valence-corrected chi connectivity index (χ4v) is 2.52. The molecule has 0 aliphatic heterocycles. The summed E-state index contributed by atoms with van der Waals surface area (Å²) in [4.78, 5) is 12.1. The van der Waals surface area contributed by atoms with Crippen molar-refractivity contribution in [3.63, 3.8) is 0 Å². The van der Waals surface area contributed by atoms with Crippen LogP contribution in [0.4, 0.5) is 14.7 Å². The summed E-state index contributed by atoms with van der Waals surface area (Å²) in [5, 5.41) is 19.9. The van der Waals surface area contributed by atoms with Gasteiger partial charge in [-0.3, -0.25) is 0 Å². The summed E-state index contributed by atoms with van der Waals surface area (Å²) in [6.07, 6.45) is 0.217. The fraction of sp³-hybridized carbons (Fsp3) is 0.235. The number of alkyl halides is 1. The van der Waals surface area contributed by atoms with E-state index in [1.54, 1.807) is 13.0 Å². The summed E-state index contributed by atoms with van der Waals surface area (Å²) in [6.45, 7) is 2.87. The van der Waals surface area contributed by atoms with E-state index in [-0.39, 0.29) is 34.4 Å². The third-order valence-electron chi connectivity index (χ3n) is 3.84. The molecule has 0 spiro atoms. The number of rotatable bonds is 2. The van der Waals surface area contributed by atoms with Gasteiger partial charge < -0.3 is 15.9 Å². The van der Waals surface area contributed by atoms with Crippen molar-refractivity contribution in [2.24, 2.45) is 0 Å². The zero-order valence-corrected chi connectivity index (χ0v) is 13.5. The Morgan fingerprint density at radius 2 is 1.92 bits per heavy atom. The van der Waals surface area contributed by atoms with Crippen LogP contribution in [0.3, 0.4) is 0 Å². The van der Waals surface area contributed by atoms with Gasteiger partial charge in [0, 0.05) is 11.3 Å². The molecule has 130 valence electrons. The minimum absolute atomic E-state index is 0.00410. The molecular formula is C17H16F2N4O2. The van der Waals surface area contributed by atoms with Crippen LogP contribution in [0, 0.1) is 6.92 Å². The fourth-order valence-electron chi connectivity index (χ4n) is 2.52. The van der Waals surface area contributed by atoms with Crippen molar-refractivity contribution in [2.75, 3.05) is 5.73 Å². The number of nitrogens with zero attached hydrogens (tertiary/aromatic N) is 3. The largest absolute Gasteiger partial charge is 0.506 e. The Hall–Kier alpha value is -2.87. The first-order valence-electron chi connectivity index (χ1n) is 7.46. The smallest absolute Gasteiger partial charge is 0.220 e. The second kappa shape index (κ2) is 5.89. The van der Waals surface area contributed by atoms with Gasteiger partial charge in [-0.15, -0.1) is 0 Å². The summed E-state index contributed by atoms with van der Waals surface area (Å²) in [5.74, 6) is -1.31. The maximum absolute atomic E-state index is 14.3. The number of aromatic hydroxyl groups is 1. The summed E-state index contributed by atoms with van der Waals surface area (Å²) >= 11 is 0. The van der Waals surface area contributed by atoms with Crippen LogP contribution in [-0.4, -0.2) is 36.9 Å². The molecule has 2 heterocycles. The number of aromatic nitrogens is 3. The molecule has 4 N–H and O–H groups in total. The molecule has 0 bridgehead atoms. The summed E-state index contributed by atoms with van der Waals surface area (Å²) in [7, 11) is 0. The molecule has 2 atom stereocenters. The number of aryl methyl sites for hydroxylation is 1. The highest BCUT2D eigenvalue weighted by molar-refractivity contribution is 5.78. The van der Waals surface area contributed by atoms with Crippen LogP contribution >= 0.6 is 0 Å². The number of pyridine rings is 1. The molecular weight excluding hydrogens is 330 g/mol. The van der Waals surface area contributed by atoms with Crippen LogP contribution in [0.5, 0.6) is 5.75 Å². The normalized spacial score (nSPS) is 23.2. The lowest BCUT2D eigenvalue weighted by molar-refractivity contribution is 0.0294. The number of anilines is 1. The highest BCUT2D eigenvalue weighted by Gasteiger charge is 2.38. The van der Waals surface area contributed by atoms with Gasteiger partial charge in [-0.1, -0.05) is 6.08 Å². The second-order valence-corrected chi connectivity index (χ2v) is 6.00. The Bertz CT molecular complexity index is 889. The minimum atomic E-state index is -2.21. The third kappa shape index (κ3) is 3.08. The molecule has 6 nitrogen and oxygen atoms in total. The van der Waals surface area contributed by atoms with Gasteiger partial charge in [-0.25, -0.2) is 23.7 Å². The minimum Gasteiger partial charge on any atom is -0.506 e. The monoisotopic (exact) mass is 346 g/mol. The van der Waals surface area contributed by atoms with E-state index in [0.717, 1.165) is 6.08 Å². The Morgan fingerprint density at radius 3 is 2.60 bits per heavy atom. The Balaban J connectivity index is 2.12. The van der Waals surface area contributed by atoms with Gasteiger partial charge in [0.2, 0.25) is 5.95 Å². The van der Waals surface area contributed by atoms with E-state index in [4.69, 9.17) is 5.73 Å². The lowest BCUT2D eigenvalue weighted by Crippen LogP contribution is -2.36. The standard InChI is InChI=1S/C17H16F2N4O2/c1-8-7-11(23-16(20)21-8)14-12(24)4-3-10(22-14)9-5-6-17(2,25)15(19)13(9)18/h3-7,15,24-25H,1-2H3,(H2,20,21,23). The maximum atomic E-state index is 14.3. The van der Waals surface area contributed by atoms with Crippen LogP contribution < -0.4 is 5.73 Å². The number of hydrogen-bond donors (Lipinski definition) is 3. The van der Waals surface area contributed by atoms with Crippen LogP contribution in [0.25, 0.3) is 17.0 Å². The molecule has 1 aliphatic carbocycles. The molecule has 0 amide bonds. The lowest BCUT2D eigenvalue weighted by atomic mass is 9.90. The van der Waals surface area contributed by atoms with Gasteiger partial charge in [0.1, 0.15) is 22.9 Å². The first-order valence-corrected chi connectivity index (χ1v) is 7.46. The van der Waals surface area contributed by atoms with E-state index in [9.17, 15) is 19.0 Å². The number of hydrogen-bond acceptors (Lipinski definition) is 6. The SMILES string of the molecule is Cc1cc(-c2nc(C3=C(F)C(F)C(C)(O)C=C3)ccc2O)nc(N)n1. The highest BCUT2D eigenvalue weighted by atomic mass is 19.2. The first-order chi connectivity index (χ1) is 11.7. The molecule has 2 aromatic heterocycles. The molecule has 0 radical (unpaired) electrons. The van der Waals surface area contributed by atoms with Crippen LogP contribution in [0.2, 0.25) is 0 Å². The molecule has 1 aliphatic rings. The van der Waals surface area contributed by atoms with Crippen molar-refractivity contribution in [3.8, 4) is 17.1 Å². The van der Waals surface area contributed by atoms with Crippen LogP contribution in [-0.2, 0) is 0 Å². The third-order valence-corrected chi connectivity index (χ3v) is 3.84. The van der Waals surface area contributed by atoms with E-state index in [1.807, 2.05) is 0 Å². The van der Waals surface area contributed by atoms with E-state index in [2.05, 4.69) is 15.0 Å². The number of nitrogens with two attached hydrogens (primary N) is 1. The van der Waals surface area contributed by atoms with Gasteiger partial charge in [0.15, 0.2) is 6.17 Å². The van der Waals surface area contributed by atoms with Crippen molar-refractivity contribution >= 4 is 11.5 Å². The van der Waals surface area contributed by atoms with E-state index in [0.29, 0.717) is 5.69 Å². The highest BCUT2D eigenvalue weighted by Crippen LogP contribution is 2.36. The van der Waals surface area contributed by atoms with Crippen molar-refractivity contribution in [2.45, 2.75) is 25.6 Å². The van der Waals surface area contributed by atoms with Crippen molar-refractivity contribution < 1.29 is 19.0 Å². The van der Waals surface area contributed by atoms with E-state index >= 15 is 0 Å². The average molecular weight is 346 g/mol. The van der Waals surface area contributed by atoms with E-state index < -0.39 is 17.6 Å². The van der Waals surface area contributed by atoms with Crippen molar-refractivity contribution in [1.82, 2.24) is 15.0 Å². The van der Waals surface area contributed by atoms with Crippen LogP contribution in [0.15, 0.2) is 36.2 Å². The predicted octanol–water partition coefficient (Wildman–Crippen LogP) is 2.47. The molecule has 0 saturated heterocycles. The number of nitrogen functional groups attached to an aromatic ring is 1. The number of allylic oxidation sites excluding steroid dienone is 2. The topological polar surface area (TPSA) is 105 Å². The van der Waals surface area contributed by atoms with Gasteiger partial charge in [0.05, 0.1) is 11.4 Å². The summed E-state index contributed by atoms with van der Waals surface area (Å²) in [5.41, 5.74) is 4.55. The Morgan fingerprint density at radius 1 is 1.20 bits per heavy atom. The van der Waals surface area contributed by atoms with Crippen molar-refractivity contribution in [3.05, 3.63) is 47.6 Å². The molecule has 0 aromatic carbocycles. The van der Waals surface area contributed by atoms with Gasteiger partial charge >= 0.3 is 0 Å². The number of aliphatic hydroxyl groups is 1. The maximum Gasteiger partial charge on any atom is 0.220 e. The lowest BCUT2D eigenvalue weighted by Gasteiger charge is -2.27. The summed E-state index contributed by atoms with van der Waals surface area (Å²) in [6, 6.07) is 4.22. The van der Waals surface area contributed by atoms with E-state index in [1.165, 1.54) is 25.1 Å². The number of halogens is 2. The molecule has 0 saturated carbocycles. The van der Waals surface area contributed by atoms with Crippen molar-refractivity contribution in [1.29, 1.82) is 0 Å². The van der Waals surface area contributed by atoms with Gasteiger partial charge in [0.25, 0.3) is 0 Å². The van der Waals surface area contributed by atoms with Gasteiger partial charge in [-0.05, 0) is 38.1 Å². The molecule has 2 unspecified atom stereocenters. The zero-order chi connectivity index (χ0) is 18.4. The summed E-state index contributed by atoms with van der Waals surface area (Å²) < 4.78 is 28.4. The Labute approximate surface area is 142 Å². The zero-order valence-electron chi connectivity index (χ0n) is 13.5. The molecule has 25 heavy (non-hydrogen) atoms. The second-order valence-electron chi connectivity index (χ2n) is 6.00. The molecule has 3 rings (SSSR count). The molecule has 2 aromatic rings. The quantitative estimate of drug-likeness (QED) is 0.771. The predicted molar refractivity (Wildman–Crippen MR) is 88.8 cm³/mol.